The van der Waals surface area contributed by atoms with Crippen molar-refractivity contribution >= 4 is 11.8 Å². The smallest absolute Gasteiger partial charge is 0.252 e. The zero-order valence-corrected chi connectivity index (χ0v) is 15.3. The van der Waals surface area contributed by atoms with Gasteiger partial charge in [0.25, 0.3) is 5.91 Å². The summed E-state index contributed by atoms with van der Waals surface area (Å²) in [5.74, 6) is 0.0995. The quantitative estimate of drug-likeness (QED) is 0.885. The Morgan fingerprint density at radius 3 is 2.81 bits per heavy atom. The fraction of sp³-hybridized carbons (Fsp3) is 0.429. The third kappa shape index (κ3) is 3.56. The molecule has 1 saturated carbocycles. The minimum Gasteiger partial charge on any atom is -0.351 e. The highest BCUT2D eigenvalue weighted by Crippen LogP contribution is 2.48. The van der Waals surface area contributed by atoms with Crippen LogP contribution in [0, 0.1) is 5.41 Å². The molecule has 1 aromatic carbocycles. The minimum absolute atomic E-state index is 0.0290. The second-order valence-corrected chi connectivity index (χ2v) is 7.59. The molecule has 1 saturated heterocycles. The SMILES string of the molecule is O=C(NC[C@@]12CCC[C@H]1N(Cc1ccccc1)C(=O)CC2)c1ccnnc1. The molecule has 1 aliphatic carbocycles. The van der Waals surface area contributed by atoms with Gasteiger partial charge in [0, 0.05) is 31.0 Å². The van der Waals surface area contributed by atoms with E-state index in [-0.39, 0.29) is 23.3 Å². The van der Waals surface area contributed by atoms with Gasteiger partial charge in [-0.1, -0.05) is 36.8 Å². The molecule has 2 heterocycles. The number of piperidine rings is 1. The van der Waals surface area contributed by atoms with Crippen molar-refractivity contribution in [1.82, 2.24) is 20.4 Å². The maximum Gasteiger partial charge on any atom is 0.252 e. The summed E-state index contributed by atoms with van der Waals surface area (Å²) >= 11 is 0. The van der Waals surface area contributed by atoms with Crippen LogP contribution in [0.1, 0.15) is 48.0 Å². The van der Waals surface area contributed by atoms with Crippen LogP contribution in [-0.2, 0) is 11.3 Å². The third-order valence-corrected chi connectivity index (χ3v) is 6.04. The maximum absolute atomic E-state index is 12.7. The zero-order valence-electron chi connectivity index (χ0n) is 15.3. The number of rotatable bonds is 5. The maximum atomic E-state index is 12.7. The van der Waals surface area contributed by atoms with Crippen LogP contribution in [0.4, 0.5) is 0 Å². The van der Waals surface area contributed by atoms with Crippen LogP contribution in [0.15, 0.2) is 48.8 Å². The number of carbonyl (C=O) groups is 2. The highest BCUT2D eigenvalue weighted by atomic mass is 16.2. The van der Waals surface area contributed by atoms with Crippen LogP contribution in [0.5, 0.6) is 0 Å². The predicted molar refractivity (Wildman–Crippen MR) is 101 cm³/mol. The fourth-order valence-corrected chi connectivity index (χ4v) is 4.63. The molecule has 6 nitrogen and oxygen atoms in total. The number of carbonyl (C=O) groups excluding carboxylic acids is 2. The van der Waals surface area contributed by atoms with Gasteiger partial charge in [0.2, 0.25) is 5.91 Å². The number of hydrogen-bond acceptors (Lipinski definition) is 4. The second-order valence-electron chi connectivity index (χ2n) is 7.59. The first-order valence-electron chi connectivity index (χ1n) is 9.56. The molecule has 0 spiro atoms. The molecule has 0 bridgehead atoms. The van der Waals surface area contributed by atoms with E-state index in [1.54, 1.807) is 6.07 Å². The van der Waals surface area contributed by atoms with Crippen LogP contribution in [0.3, 0.4) is 0 Å². The topological polar surface area (TPSA) is 75.2 Å². The van der Waals surface area contributed by atoms with Crippen molar-refractivity contribution in [3.63, 3.8) is 0 Å². The lowest BCUT2D eigenvalue weighted by Crippen LogP contribution is -2.55. The summed E-state index contributed by atoms with van der Waals surface area (Å²) in [6.45, 7) is 1.24. The highest BCUT2D eigenvalue weighted by Gasteiger charge is 2.50. The van der Waals surface area contributed by atoms with Crippen molar-refractivity contribution in [3.8, 4) is 0 Å². The van der Waals surface area contributed by atoms with Gasteiger partial charge in [-0.05, 0) is 30.9 Å². The van der Waals surface area contributed by atoms with Crippen molar-refractivity contribution in [2.75, 3.05) is 6.54 Å². The van der Waals surface area contributed by atoms with Gasteiger partial charge in [0.15, 0.2) is 0 Å². The Morgan fingerprint density at radius 2 is 2.04 bits per heavy atom. The average Bonchev–Trinajstić information content (AvgIpc) is 3.14. The van der Waals surface area contributed by atoms with Crippen LogP contribution in [-0.4, -0.2) is 39.5 Å². The summed E-state index contributed by atoms with van der Waals surface area (Å²) in [5.41, 5.74) is 1.64. The molecule has 1 aliphatic heterocycles. The predicted octanol–water partition coefficient (Wildman–Crippen LogP) is 2.57. The molecule has 2 amide bonds. The monoisotopic (exact) mass is 364 g/mol. The standard InChI is InChI=1S/C21H24N4O2/c26-19-8-11-21(15-22-20(27)17-9-12-23-24-13-17)10-4-7-18(21)25(19)14-16-5-2-1-3-6-16/h1-3,5-6,9,12-13,18H,4,7-8,10-11,14-15H2,(H,22,27)/t18-,21+/m1/s1. The lowest BCUT2D eigenvalue weighted by Gasteiger charge is -2.46. The van der Waals surface area contributed by atoms with Gasteiger partial charge >= 0.3 is 0 Å². The van der Waals surface area contributed by atoms with Crippen LogP contribution < -0.4 is 5.32 Å². The summed E-state index contributed by atoms with van der Waals surface area (Å²) in [6.07, 6.45) is 7.54. The third-order valence-electron chi connectivity index (χ3n) is 6.04. The molecule has 1 aromatic heterocycles. The van der Waals surface area contributed by atoms with E-state index < -0.39 is 0 Å². The van der Waals surface area contributed by atoms with Gasteiger partial charge in [0.05, 0.1) is 18.0 Å². The molecule has 4 rings (SSSR count). The Labute approximate surface area is 159 Å². The van der Waals surface area contributed by atoms with Gasteiger partial charge in [-0.25, -0.2) is 0 Å². The molecular weight excluding hydrogens is 340 g/mol. The molecule has 6 heteroatoms. The van der Waals surface area contributed by atoms with E-state index in [2.05, 4.69) is 27.6 Å². The average molecular weight is 364 g/mol. The number of aromatic nitrogens is 2. The first-order valence-corrected chi connectivity index (χ1v) is 9.56. The van der Waals surface area contributed by atoms with E-state index in [0.29, 0.717) is 25.1 Å². The lowest BCUT2D eigenvalue weighted by atomic mass is 9.74. The van der Waals surface area contributed by atoms with Gasteiger partial charge in [-0.3, -0.25) is 9.59 Å². The lowest BCUT2D eigenvalue weighted by molar-refractivity contribution is -0.142. The minimum atomic E-state index is -0.128. The number of fused-ring (bicyclic) bond motifs is 1. The Hall–Kier alpha value is -2.76. The van der Waals surface area contributed by atoms with Crippen LogP contribution in [0.2, 0.25) is 0 Å². The van der Waals surface area contributed by atoms with Gasteiger partial charge < -0.3 is 10.2 Å². The Balaban J connectivity index is 1.49. The highest BCUT2D eigenvalue weighted by molar-refractivity contribution is 5.93. The molecule has 2 fully saturated rings. The largest absolute Gasteiger partial charge is 0.351 e. The molecule has 1 N–H and O–H groups in total. The number of benzene rings is 1. The fourth-order valence-electron chi connectivity index (χ4n) is 4.63. The van der Waals surface area contributed by atoms with E-state index in [1.807, 2.05) is 23.1 Å². The van der Waals surface area contributed by atoms with E-state index >= 15 is 0 Å². The van der Waals surface area contributed by atoms with E-state index in [9.17, 15) is 9.59 Å². The van der Waals surface area contributed by atoms with Gasteiger partial charge in [-0.15, -0.1) is 0 Å². The summed E-state index contributed by atoms with van der Waals surface area (Å²) in [4.78, 5) is 27.2. The molecule has 2 aromatic rings. The van der Waals surface area contributed by atoms with Gasteiger partial charge in [-0.2, -0.15) is 10.2 Å². The first kappa shape index (κ1) is 17.6. The van der Waals surface area contributed by atoms with Crippen molar-refractivity contribution in [1.29, 1.82) is 0 Å². The first-order chi connectivity index (χ1) is 13.2. The second kappa shape index (κ2) is 7.47. The Kier molecular flexibility index (Phi) is 4.88. The van der Waals surface area contributed by atoms with E-state index in [0.717, 1.165) is 31.2 Å². The summed E-state index contributed by atoms with van der Waals surface area (Å²) < 4.78 is 0. The van der Waals surface area contributed by atoms with Crippen molar-refractivity contribution < 1.29 is 9.59 Å². The Morgan fingerprint density at radius 1 is 1.19 bits per heavy atom. The number of nitrogens with zero attached hydrogens (tertiary/aromatic N) is 3. The zero-order chi connectivity index (χ0) is 18.7. The molecule has 0 radical (unpaired) electrons. The van der Waals surface area contributed by atoms with Gasteiger partial charge in [0.1, 0.15) is 0 Å². The summed E-state index contributed by atoms with van der Waals surface area (Å²) in [5, 5.41) is 10.6. The molecule has 0 unspecified atom stereocenters. The van der Waals surface area contributed by atoms with Crippen LogP contribution in [0.25, 0.3) is 0 Å². The number of amides is 2. The number of likely N-dealkylation sites (tertiary alicyclic amines) is 1. The van der Waals surface area contributed by atoms with Crippen LogP contribution >= 0.6 is 0 Å². The molecule has 2 atom stereocenters. The van der Waals surface area contributed by atoms with Crippen molar-refractivity contribution in [2.24, 2.45) is 5.41 Å². The van der Waals surface area contributed by atoms with Crippen molar-refractivity contribution in [2.45, 2.75) is 44.7 Å². The summed E-state index contributed by atoms with van der Waals surface area (Å²) in [6, 6.07) is 12.0. The normalized spacial score (nSPS) is 24.5. The van der Waals surface area contributed by atoms with E-state index in [1.165, 1.54) is 12.4 Å². The Bertz CT molecular complexity index is 811. The molecule has 2 aliphatic rings. The van der Waals surface area contributed by atoms with Crippen molar-refractivity contribution in [3.05, 3.63) is 59.9 Å². The molecule has 27 heavy (non-hydrogen) atoms. The van der Waals surface area contributed by atoms with E-state index in [4.69, 9.17) is 0 Å². The number of nitrogens with one attached hydrogen (secondary N) is 1. The molecule has 140 valence electrons. The number of hydrogen-bond donors (Lipinski definition) is 1. The molecular formula is C21H24N4O2. The summed E-state index contributed by atoms with van der Waals surface area (Å²) in [7, 11) is 0.